The number of hydrogen-bond donors (Lipinski definition) is 1. The minimum atomic E-state index is -3.26. The van der Waals surface area contributed by atoms with Crippen LogP contribution in [0, 0.1) is 6.92 Å². The highest BCUT2D eigenvalue weighted by molar-refractivity contribution is 7.90. The smallest absolute Gasteiger partial charge is 0.226 e. The standard InChI is InChI=1S/C27H25N3O3S/c1-19-9-8-14-22(15-19)30-27(24-17-34(32,33)18-25(24)29-30)28-26(31)16-23(20-10-4-2-5-11-20)21-12-6-3-7-13-21/h2-15,23H,16-18H2,1H3,(H,28,31). The lowest BCUT2D eigenvalue weighted by molar-refractivity contribution is -0.116. The average molecular weight is 472 g/mol. The molecule has 0 atom stereocenters. The first-order valence-corrected chi connectivity index (χ1v) is 13.0. The van der Waals surface area contributed by atoms with Crippen molar-refractivity contribution >= 4 is 21.6 Å². The van der Waals surface area contributed by atoms with Gasteiger partial charge < -0.3 is 5.32 Å². The molecule has 0 saturated carbocycles. The molecule has 1 N–H and O–H groups in total. The quantitative estimate of drug-likeness (QED) is 0.439. The van der Waals surface area contributed by atoms with Gasteiger partial charge in [-0.2, -0.15) is 5.10 Å². The highest BCUT2D eigenvalue weighted by Gasteiger charge is 2.33. The van der Waals surface area contributed by atoms with Crippen LogP contribution in [0.3, 0.4) is 0 Å². The molecule has 0 unspecified atom stereocenters. The van der Waals surface area contributed by atoms with Gasteiger partial charge in [0.25, 0.3) is 0 Å². The van der Waals surface area contributed by atoms with E-state index in [0.717, 1.165) is 22.4 Å². The van der Waals surface area contributed by atoms with E-state index < -0.39 is 9.84 Å². The van der Waals surface area contributed by atoms with Crippen LogP contribution in [-0.2, 0) is 26.1 Å². The number of nitrogens with one attached hydrogen (secondary N) is 1. The van der Waals surface area contributed by atoms with Gasteiger partial charge in [-0.25, -0.2) is 13.1 Å². The fraction of sp³-hybridized carbons (Fsp3) is 0.185. The first kappa shape index (κ1) is 22.1. The van der Waals surface area contributed by atoms with E-state index in [4.69, 9.17) is 0 Å². The Bertz CT molecular complexity index is 1410. The Kier molecular flexibility index (Phi) is 5.79. The number of amides is 1. The molecule has 5 rings (SSSR count). The van der Waals surface area contributed by atoms with Gasteiger partial charge in [0.15, 0.2) is 9.84 Å². The molecule has 172 valence electrons. The van der Waals surface area contributed by atoms with Crippen LogP contribution in [0.25, 0.3) is 5.69 Å². The van der Waals surface area contributed by atoms with Crippen molar-refractivity contribution in [3.63, 3.8) is 0 Å². The largest absolute Gasteiger partial charge is 0.310 e. The normalized spacial score (nSPS) is 14.2. The van der Waals surface area contributed by atoms with Crippen molar-refractivity contribution in [3.05, 3.63) is 113 Å². The summed E-state index contributed by atoms with van der Waals surface area (Å²) in [5.41, 5.74) is 4.99. The van der Waals surface area contributed by atoms with Crippen LogP contribution < -0.4 is 5.32 Å². The lowest BCUT2D eigenvalue weighted by atomic mass is 9.88. The van der Waals surface area contributed by atoms with Crippen LogP contribution in [0.15, 0.2) is 84.9 Å². The topological polar surface area (TPSA) is 81.1 Å². The highest BCUT2D eigenvalue weighted by atomic mass is 32.2. The number of nitrogens with zero attached hydrogens (tertiary/aromatic N) is 2. The maximum atomic E-state index is 13.4. The summed E-state index contributed by atoms with van der Waals surface area (Å²) in [5, 5.41) is 7.58. The molecule has 34 heavy (non-hydrogen) atoms. The Morgan fingerprint density at radius 2 is 1.59 bits per heavy atom. The highest BCUT2D eigenvalue weighted by Crippen LogP contribution is 2.34. The monoisotopic (exact) mass is 471 g/mol. The van der Waals surface area contributed by atoms with Gasteiger partial charge in [0, 0.05) is 17.9 Å². The molecule has 2 heterocycles. The minimum absolute atomic E-state index is 0.110. The number of carbonyl (C=O) groups excluding carboxylic acids is 1. The fourth-order valence-corrected chi connectivity index (χ4v) is 5.98. The van der Waals surface area contributed by atoms with Crippen molar-refractivity contribution in [2.75, 3.05) is 5.32 Å². The molecule has 3 aromatic carbocycles. The van der Waals surface area contributed by atoms with Crippen LogP contribution >= 0.6 is 0 Å². The molecule has 0 fully saturated rings. The Balaban J connectivity index is 1.49. The summed E-state index contributed by atoms with van der Waals surface area (Å²) < 4.78 is 26.2. The van der Waals surface area contributed by atoms with E-state index in [1.54, 1.807) is 4.68 Å². The van der Waals surface area contributed by atoms with Crippen LogP contribution in [0.5, 0.6) is 0 Å². The second-order valence-electron chi connectivity index (χ2n) is 8.68. The molecule has 0 radical (unpaired) electrons. The lowest BCUT2D eigenvalue weighted by Crippen LogP contribution is -2.19. The summed E-state index contributed by atoms with van der Waals surface area (Å²) in [4.78, 5) is 13.4. The molecule has 0 bridgehead atoms. The maximum Gasteiger partial charge on any atom is 0.226 e. The molecule has 0 saturated heterocycles. The Morgan fingerprint density at radius 3 is 2.21 bits per heavy atom. The van der Waals surface area contributed by atoms with Gasteiger partial charge in [-0.1, -0.05) is 72.8 Å². The predicted octanol–water partition coefficient (Wildman–Crippen LogP) is 4.77. The van der Waals surface area contributed by atoms with Gasteiger partial charge >= 0.3 is 0 Å². The second-order valence-corrected chi connectivity index (χ2v) is 10.7. The molecular weight excluding hydrogens is 446 g/mol. The molecule has 4 aromatic rings. The SMILES string of the molecule is Cc1cccc(-n2nc3c(c2NC(=O)CC(c2ccccc2)c2ccccc2)CS(=O)(=O)C3)c1. The van der Waals surface area contributed by atoms with E-state index >= 15 is 0 Å². The predicted molar refractivity (Wildman–Crippen MR) is 133 cm³/mol. The number of fused-ring (bicyclic) bond motifs is 1. The van der Waals surface area contributed by atoms with Crippen LogP contribution in [0.1, 0.15) is 40.3 Å². The van der Waals surface area contributed by atoms with Crippen LogP contribution in [0.2, 0.25) is 0 Å². The van der Waals surface area contributed by atoms with Crippen molar-refractivity contribution in [2.45, 2.75) is 30.8 Å². The van der Waals surface area contributed by atoms with Crippen molar-refractivity contribution in [1.29, 1.82) is 0 Å². The third-order valence-corrected chi connectivity index (χ3v) is 7.53. The summed E-state index contributed by atoms with van der Waals surface area (Å²) in [6.45, 7) is 1.98. The van der Waals surface area contributed by atoms with Crippen LogP contribution in [0.4, 0.5) is 5.82 Å². The number of sulfone groups is 1. The van der Waals surface area contributed by atoms with Crippen LogP contribution in [-0.4, -0.2) is 24.1 Å². The van der Waals surface area contributed by atoms with Gasteiger partial charge in [-0.15, -0.1) is 0 Å². The number of hydrogen-bond acceptors (Lipinski definition) is 4. The summed E-state index contributed by atoms with van der Waals surface area (Å²) in [7, 11) is -3.26. The number of rotatable bonds is 6. The maximum absolute atomic E-state index is 13.4. The zero-order valence-electron chi connectivity index (χ0n) is 18.8. The van der Waals surface area contributed by atoms with E-state index in [0.29, 0.717) is 17.1 Å². The second kappa shape index (κ2) is 8.91. The van der Waals surface area contributed by atoms with Crippen molar-refractivity contribution in [3.8, 4) is 5.69 Å². The fourth-order valence-electron chi connectivity index (χ4n) is 4.48. The van der Waals surface area contributed by atoms with E-state index in [1.165, 1.54) is 0 Å². The molecule has 7 heteroatoms. The Hall–Kier alpha value is -3.71. The van der Waals surface area contributed by atoms with Crippen molar-refractivity contribution in [1.82, 2.24) is 9.78 Å². The number of carbonyl (C=O) groups is 1. The zero-order chi connectivity index (χ0) is 23.7. The number of benzene rings is 3. The van der Waals surface area contributed by atoms with Gasteiger partial charge in [-0.05, 0) is 35.7 Å². The summed E-state index contributed by atoms with van der Waals surface area (Å²) >= 11 is 0. The van der Waals surface area contributed by atoms with Gasteiger partial charge in [0.2, 0.25) is 5.91 Å². The van der Waals surface area contributed by atoms with Crippen molar-refractivity contribution in [2.24, 2.45) is 0 Å². The Labute approximate surface area is 199 Å². The van der Waals surface area contributed by atoms with Crippen molar-refractivity contribution < 1.29 is 13.2 Å². The summed E-state index contributed by atoms with van der Waals surface area (Å²) in [6, 6.07) is 27.6. The molecule has 1 aliphatic rings. The zero-order valence-corrected chi connectivity index (χ0v) is 19.6. The van der Waals surface area contributed by atoms with E-state index in [-0.39, 0.29) is 29.8 Å². The molecule has 1 aromatic heterocycles. The Morgan fingerprint density at radius 1 is 0.941 bits per heavy atom. The summed E-state index contributed by atoms with van der Waals surface area (Å²) in [5.74, 6) is -0.120. The van der Waals surface area contributed by atoms with E-state index in [9.17, 15) is 13.2 Å². The molecule has 0 aliphatic carbocycles. The van der Waals surface area contributed by atoms with Gasteiger partial charge in [0.1, 0.15) is 5.82 Å². The first-order valence-electron chi connectivity index (χ1n) is 11.2. The van der Waals surface area contributed by atoms with Gasteiger partial charge in [0.05, 0.1) is 22.9 Å². The summed E-state index contributed by atoms with van der Waals surface area (Å²) in [6.07, 6.45) is 0.217. The third-order valence-electron chi connectivity index (χ3n) is 6.09. The average Bonchev–Trinajstić information content (AvgIpc) is 3.31. The first-order chi connectivity index (χ1) is 16.4. The molecule has 1 aliphatic heterocycles. The molecule has 6 nitrogen and oxygen atoms in total. The van der Waals surface area contributed by atoms with E-state index in [2.05, 4.69) is 10.4 Å². The number of anilines is 1. The third kappa shape index (κ3) is 4.52. The number of aromatic nitrogens is 2. The molecule has 1 amide bonds. The lowest BCUT2D eigenvalue weighted by Gasteiger charge is -2.18. The molecule has 0 spiro atoms. The van der Waals surface area contributed by atoms with Gasteiger partial charge in [-0.3, -0.25) is 4.79 Å². The van der Waals surface area contributed by atoms with E-state index in [1.807, 2.05) is 91.9 Å². The molecular formula is C27H25N3O3S. The number of aryl methyl sites for hydroxylation is 1. The minimum Gasteiger partial charge on any atom is -0.310 e.